The molecule has 0 radical (unpaired) electrons. The monoisotopic (exact) mass is 314 g/mol. The van der Waals surface area contributed by atoms with Gasteiger partial charge in [0.1, 0.15) is 0 Å². The van der Waals surface area contributed by atoms with Gasteiger partial charge in [-0.25, -0.2) is 0 Å². The fourth-order valence-electron chi connectivity index (χ4n) is 3.17. The fourth-order valence-corrected chi connectivity index (χ4v) is 4.40. The van der Waals surface area contributed by atoms with Crippen LogP contribution in [-0.4, -0.2) is 5.91 Å². The van der Waals surface area contributed by atoms with Crippen LogP contribution in [0.2, 0.25) is 0 Å². The van der Waals surface area contributed by atoms with Crippen LogP contribution in [0.25, 0.3) is 0 Å². The molecule has 0 spiro atoms. The fraction of sp³-hybridized carbons (Fsp3) is 0.389. The van der Waals surface area contributed by atoms with E-state index in [9.17, 15) is 4.79 Å². The summed E-state index contributed by atoms with van der Waals surface area (Å²) in [6, 6.07) is 7.82. The molecule has 1 unspecified atom stereocenters. The smallest absolute Gasteiger partial charge is 0.258 e. The predicted molar refractivity (Wildman–Crippen MR) is 93.7 cm³/mol. The number of aryl methyl sites for hydroxylation is 1. The second kappa shape index (κ2) is 6.13. The van der Waals surface area contributed by atoms with E-state index in [1.54, 1.807) is 11.3 Å². The predicted octanol–water partition coefficient (Wildman–Crippen LogP) is 4.41. The number of rotatable bonds is 3. The van der Waals surface area contributed by atoms with Gasteiger partial charge in [-0.05, 0) is 49.3 Å². The molecule has 116 valence electrons. The number of hydrogen-bond acceptors (Lipinski definition) is 3. The van der Waals surface area contributed by atoms with E-state index in [0.29, 0.717) is 10.6 Å². The first-order chi connectivity index (χ1) is 10.6. The molecule has 1 aromatic heterocycles. The molecule has 1 amide bonds. The van der Waals surface area contributed by atoms with Crippen molar-refractivity contribution < 1.29 is 4.79 Å². The number of nitrogen functional groups attached to an aromatic ring is 1. The molecule has 4 heteroatoms. The normalized spacial score (nSPS) is 17.1. The van der Waals surface area contributed by atoms with Crippen LogP contribution < -0.4 is 11.1 Å². The van der Waals surface area contributed by atoms with Crippen molar-refractivity contribution in [2.75, 3.05) is 11.1 Å². The molecule has 3 nitrogen and oxygen atoms in total. The minimum Gasteiger partial charge on any atom is -0.390 e. The first kappa shape index (κ1) is 15.1. The van der Waals surface area contributed by atoms with E-state index in [-0.39, 0.29) is 5.91 Å². The molecule has 0 aliphatic heterocycles. The van der Waals surface area contributed by atoms with Crippen LogP contribution in [0, 0.1) is 12.8 Å². The summed E-state index contributed by atoms with van der Waals surface area (Å²) < 4.78 is 0. The van der Waals surface area contributed by atoms with Gasteiger partial charge in [0.15, 0.2) is 0 Å². The topological polar surface area (TPSA) is 55.1 Å². The third-order valence-electron chi connectivity index (χ3n) is 4.59. The van der Waals surface area contributed by atoms with Gasteiger partial charge in [0.25, 0.3) is 5.91 Å². The summed E-state index contributed by atoms with van der Waals surface area (Å²) in [5, 5.41) is 3.68. The molecular weight excluding hydrogens is 292 g/mol. The number of fused-ring (bicyclic) bond motifs is 1. The molecule has 1 heterocycles. The van der Waals surface area contributed by atoms with Crippen molar-refractivity contribution in [3.63, 3.8) is 0 Å². The highest BCUT2D eigenvalue weighted by molar-refractivity contribution is 7.16. The van der Waals surface area contributed by atoms with Gasteiger partial charge in [0.2, 0.25) is 0 Å². The zero-order valence-corrected chi connectivity index (χ0v) is 13.9. The Labute approximate surface area is 135 Å². The summed E-state index contributed by atoms with van der Waals surface area (Å²) in [4.78, 5) is 14.0. The van der Waals surface area contributed by atoms with E-state index in [1.807, 2.05) is 31.2 Å². The molecule has 2 aromatic rings. The van der Waals surface area contributed by atoms with Gasteiger partial charge in [-0.15, -0.1) is 11.3 Å². The zero-order chi connectivity index (χ0) is 15.7. The standard InChI is InChI=1S/C18H22N2OS/c1-3-12-8-9-13-15(10-12)22-17(19)16(13)18(21)20-14-7-5-4-6-11(14)2/h4-7,12H,3,8-10,19H2,1-2H3,(H,20,21). The number of nitrogens with one attached hydrogen (secondary N) is 1. The molecule has 0 saturated carbocycles. The molecule has 1 atom stereocenters. The second-order valence-corrected chi connectivity index (χ2v) is 7.17. The van der Waals surface area contributed by atoms with Crippen LogP contribution in [0.15, 0.2) is 24.3 Å². The Morgan fingerprint density at radius 1 is 1.41 bits per heavy atom. The van der Waals surface area contributed by atoms with Crippen LogP contribution in [0.3, 0.4) is 0 Å². The van der Waals surface area contributed by atoms with E-state index >= 15 is 0 Å². The summed E-state index contributed by atoms with van der Waals surface area (Å²) in [6.07, 6.45) is 4.39. The van der Waals surface area contributed by atoms with E-state index < -0.39 is 0 Å². The van der Waals surface area contributed by atoms with Gasteiger partial charge >= 0.3 is 0 Å². The SMILES string of the molecule is CCC1CCc2c(sc(N)c2C(=O)Nc2ccccc2C)C1. The number of carbonyl (C=O) groups is 1. The molecule has 1 aliphatic rings. The molecule has 3 rings (SSSR count). The van der Waals surface area contributed by atoms with Gasteiger partial charge in [-0.2, -0.15) is 0 Å². The first-order valence-corrected chi connectivity index (χ1v) is 8.68. The number of carbonyl (C=O) groups excluding carboxylic acids is 1. The van der Waals surface area contributed by atoms with Crippen LogP contribution in [0.5, 0.6) is 0 Å². The van der Waals surface area contributed by atoms with Crippen molar-refractivity contribution in [3.05, 3.63) is 45.8 Å². The first-order valence-electron chi connectivity index (χ1n) is 7.87. The van der Waals surface area contributed by atoms with Crippen LogP contribution in [0.1, 0.15) is 46.1 Å². The number of nitrogens with two attached hydrogens (primary N) is 1. The Morgan fingerprint density at radius 3 is 2.91 bits per heavy atom. The summed E-state index contributed by atoms with van der Waals surface area (Å²) in [5.41, 5.74) is 9.96. The highest BCUT2D eigenvalue weighted by Gasteiger charge is 2.27. The quantitative estimate of drug-likeness (QED) is 0.882. The number of amides is 1. The van der Waals surface area contributed by atoms with Crippen molar-refractivity contribution >= 4 is 27.9 Å². The molecule has 3 N–H and O–H groups in total. The summed E-state index contributed by atoms with van der Waals surface area (Å²) >= 11 is 1.60. The molecule has 22 heavy (non-hydrogen) atoms. The Balaban J connectivity index is 1.88. The molecule has 0 saturated heterocycles. The highest BCUT2D eigenvalue weighted by Crippen LogP contribution is 2.39. The Kier molecular flexibility index (Phi) is 4.21. The van der Waals surface area contributed by atoms with Gasteiger partial charge in [0, 0.05) is 10.6 Å². The van der Waals surface area contributed by atoms with Crippen LogP contribution in [0.4, 0.5) is 10.7 Å². The lowest BCUT2D eigenvalue weighted by molar-refractivity contribution is 0.102. The van der Waals surface area contributed by atoms with Gasteiger partial charge in [-0.1, -0.05) is 31.5 Å². The second-order valence-electron chi connectivity index (χ2n) is 6.03. The lowest BCUT2D eigenvalue weighted by atomic mass is 9.85. The maximum atomic E-state index is 12.7. The molecule has 0 fully saturated rings. The number of thiophene rings is 1. The van der Waals surface area contributed by atoms with Crippen LogP contribution in [-0.2, 0) is 12.8 Å². The van der Waals surface area contributed by atoms with Crippen molar-refractivity contribution in [2.45, 2.75) is 39.5 Å². The van der Waals surface area contributed by atoms with Gasteiger partial charge in [-0.3, -0.25) is 4.79 Å². The average molecular weight is 314 g/mol. The minimum absolute atomic E-state index is 0.0701. The van der Waals surface area contributed by atoms with Crippen molar-refractivity contribution in [2.24, 2.45) is 5.92 Å². The lowest BCUT2D eigenvalue weighted by Crippen LogP contribution is -2.18. The van der Waals surface area contributed by atoms with E-state index in [4.69, 9.17) is 5.73 Å². The minimum atomic E-state index is -0.0701. The number of benzene rings is 1. The van der Waals surface area contributed by atoms with Crippen molar-refractivity contribution in [3.8, 4) is 0 Å². The van der Waals surface area contributed by atoms with E-state index in [1.165, 1.54) is 16.9 Å². The molecular formula is C18H22N2OS. The summed E-state index contributed by atoms with van der Waals surface area (Å²) in [5.74, 6) is 0.664. The zero-order valence-electron chi connectivity index (χ0n) is 13.1. The molecule has 1 aromatic carbocycles. The number of anilines is 2. The Morgan fingerprint density at radius 2 is 2.18 bits per heavy atom. The third kappa shape index (κ3) is 2.75. The molecule has 1 aliphatic carbocycles. The largest absolute Gasteiger partial charge is 0.390 e. The summed E-state index contributed by atoms with van der Waals surface area (Å²) in [7, 11) is 0. The molecule has 0 bridgehead atoms. The number of hydrogen-bond donors (Lipinski definition) is 2. The lowest BCUT2D eigenvalue weighted by Gasteiger charge is -2.21. The maximum Gasteiger partial charge on any atom is 0.258 e. The Hall–Kier alpha value is -1.81. The average Bonchev–Trinajstić information content (AvgIpc) is 2.84. The van der Waals surface area contributed by atoms with Crippen molar-refractivity contribution in [1.29, 1.82) is 0 Å². The van der Waals surface area contributed by atoms with Gasteiger partial charge < -0.3 is 11.1 Å². The number of para-hydroxylation sites is 1. The van der Waals surface area contributed by atoms with Crippen molar-refractivity contribution in [1.82, 2.24) is 0 Å². The van der Waals surface area contributed by atoms with Gasteiger partial charge in [0.05, 0.1) is 10.6 Å². The van der Waals surface area contributed by atoms with E-state index in [0.717, 1.165) is 36.4 Å². The third-order valence-corrected chi connectivity index (χ3v) is 5.68. The van der Waals surface area contributed by atoms with Crippen LogP contribution >= 0.6 is 11.3 Å². The summed E-state index contributed by atoms with van der Waals surface area (Å²) in [6.45, 7) is 4.23. The maximum absolute atomic E-state index is 12.7. The Bertz CT molecular complexity index is 705. The highest BCUT2D eigenvalue weighted by atomic mass is 32.1. The van der Waals surface area contributed by atoms with E-state index in [2.05, 4.69) is 12.2 Å².